The van der Waals surface area contributed by atoms with E-state index in [1.54, 1.807) is 25.4 Å². The summed E-state index contributed by atoms with van der Waals surface area (Å²) in [6, 6.07) is 8.67. The minimum atomic E-state index is -4.40. The van der Waals surface area contributed by atoms with Crippen molar-refractivity contribution < 1.29 is 27.4 Å². The first-order valence-corrected chi connectivity index (χ1v) is 11.6. The second-order valence-electron chi connectivity index (χ2n) is 8.87. The van der Waals surface area contributed by atoms with Gasteiger partial charge >= 0.3 is 6.18 Å². The van der Waals surface area contributed by atoms with Crippen LogP contribution in [0.2, 0.25) is 0 Å². The molecule has 9 heteroatoms. The van der Waals surface area contributed by atoms with Crippen molar-refractivity contribution in [3.8, 4) is 5.88 Å². The molecule has 1 N–H and O–H groups in total. The van der Waals surface area contributed by atoms with Crippen molar-refractivity contribution in [3.63, 3.8) is 0 Å². The van der Waals surface area contributed by atoms with Gasteiger partial charge in [-0.15, -0.1) is 0 Å². The molecule has 0 spiro atoms. The molecule has 186 valence electrons. The Balaban J connectivity index is 1.46. The van der Waals surface area contributed by atoms with Gasteiger partial charge in [0.2, 0.25) is 5.88 Å². The topological polar surface area (TPSA) is 73.3 Å². The average molecular weight is 488 g/mol. The number of ether oxygens (including phenoxy) is 2. The number of nitrogens with one attached hydrogen (secondary N) is 1. The average Bonchev–Trinajstić information content (AvgIpc) is 2.87. The summed E-state index contributed by atoms with van der Waals surface area (Å²) >= 11 is 0. The number of amides is 1. The Morgan fingerprint density at radius 3 is 2.49 bits per heavy atom. The third-order valence-corrected chi connectivity index (χ3v) is 6.75. The van der Waals surface area contributed by atoms with Crippen LogP contribution in [0.1, 0.15) is 53.1 Å². The van der Waals surface area contributed by atoms with E-state index in [1.165, 1.54) is 25.4 Å². The van der Waals surface area contributed by atoms with Crippen LogP contribution in [0, 0.1) is 5.92 Å². The Morgan fingerprint density at radius 2 is 1.86 bits per heavy atom. The highest BCUT2D eigenvalue weighted by Gasteiger charge is 2.33. The zero-order chi connectivity index (χ0) is 25.0. The van der Waals surface area contributed by atoms with E-state index >= 15 is 0 Å². The number of pyridine rings is 2. The first-order valence-electron chi connectivity index (χ1n) is 11.6. The summed E-state index contributed by atoms with van der Waals surface area (Å²) < 4.78 is 50.3. The Kier molecular flexibility index (Phi) is 7.54. The summed E-state index contributed by atoms with van der Waals surface area (Å²) in [5.41, 5.74) is 1.24. The van der Waals surface area contributed by atoms with Crippen LogP contribution in [0.15, 0.2) is 48.8 Å². The molecule has 2 aromatic heterocycles. The van der Waals surface area contributed by atoms with Crippen LogP contribution >= 0.6 is 0 Å². The van der Waals surface area contributed by atoms with Crippen LogP contribution in [-0.4, -0.2) is 42.7 Å². The third-order valence-electron chi connectivity index (χ3n) is 6.75. The second kappa shape index (κ2) is 10.6. The van der Waals surface area contributed by atoms with Crippen molar-refractivity contribution in [2.24, 2.45) is 5.92 Å². The van der Waals surface area contributed by atoms with Crippen LogP contribution in [0.3, 0.4) is 0 Å². The highest BCUT2D eigenvalue weighted by atomic mass is 19.4. The molecule has 1 saturated carbocycles. The number of methoxy groups -OCH3 is 2. The largest absolute Gasteiger partial charge is 0.481 e. The number of alkyl halides is 3. The maximum Gasteiger partial charge on any atom is 0.416 e. The van der Waals surface area contributed by atoms with Crippen LogP contribution < -0.4 is 10.1 Å². The Labute approximate surface area is 201 Å². The molecule has 1 atom stereocenters. The normalized spacial score (nSPS) is 19.3. The van der Waals surface area contributed by atoms with E-state index in [0.29, 0.717) is 29.0 Å². The molecule has 3 aromatic rings. The molecule has 0 radical (unpaired) electrons. The van der Waals surface area contributed by atoms with Crippen LogP contribution in [0.4, 0.5) is 13.2 Å². The number of halogens is 3. The lowest BCUT2D eigenvalue weighted by atomic mass is 9.75. The number of rotatable bonds is 7. The van der Waals surface area contributed by atoms with E-state index < -0.39 is 11.7 Å². The van der Waals surface area contributed by atoms with Crippen LogP contribution in [0.5, 0.6) is 5.88 Å². The van der Waals surface area contributed by atoms with Gasteiger partial charge in [0.1, 0.15) is 0 Å². The highest BCUT2D eigenvalue weighted by Crippen LogP contribution is 2.40. The summed E-state index contributed by atoms with van der Waals surface area (Å²) in [5.74, 6) is 0.522. The molecule has 6 nitrogen and oxygen atoms in total. The number of hydrogen-bond acceptors (Lipinski definition) is 5. The molecule has 1 fully saturated rings. The maximum absolute atomic E-state index is 13.3. The lowest BCUT2D eigenvalue weighted by Crippen LogP contribution is -2.44. The van der Waals surface area contributed by atoms with Crippen molar-refractivity contribution in [2.75, 3.05) is 20.8 Å². The molecule has 4 rings (SSSR count). The van der Waals surface area contributed by atoms with E-state index in [1.807, 2.05) is 6.07 Å². The zero-order valence-corrected chi connectivity index (χ0v) is 19.6. The first-order chi connectivity index (χ1) is 16.8. The Hall–Kier alpha value is -3.20. The summed E-state index contributed by atoms with van der Waals surface area (Å²) in [4.78, 5) is 21.1. The van der Waals surface area contributed by atoms with Gasteiger partial charge in [-0.3, -0.25) is 9.78 Å². The van der Waals surface area contributed by atoms with Crippen molar-refractivity contribution in [1.29, 1.82) is 0 Å². The molecule has 35 heavy (non-hydrogen) atoms. The third kappa shape index (κ3) is 5.73. The van der Waals surface area contributed by atoms with E-state index in [2.05, 4.69) is 15.3 Å². The fraction of sp³-hybridized carbons (Fsp3) is 0.423. The van der Waals surface area contributed by atoms with Gasteiger partial charge in [-0.05, 0) is 73.4 Å². The fourth-order valence-corrected chi connectivity index (χ4v) is 4.89. The molecule has 1 aromatic carbocycles. The fourth-order valence-electron chi connectivity index (χ4n) is 4.89. The SMILES string of the molecule is COC[C@H](NC(=O)c1ccc(OC)nc1)[C@H]1CC[C@@H](c2ccnc3ccc(C(F)(F)F)cc32)CC1. The Morgan fingerprint density at radius 1 is 1.09 bits per heavy atom. The lowest BCUT2D eigenvalue weighted by molar-refractivity contribution is -0.137. The van der Waals surface area contributed by atoms with Crippen molar-refractivity contribution >= 4 is 16.8 Å². The predicted molar refractivity (Wildman–Crippen MR) is 125 cm³/mol. The molecular weight excluding hydrogens is 459 g/mol. The van der Waals surface area contributed by atoms with Gasteiger partial charge in [-0.1, -0.05) is 0 Å². The monoisotopic (exact) mass is 487 g/mol. The summed E-state index contributed by atoms with van der Waals surface area (Å²) in [5, 5.41) is 3.63. The lowest BCUT2D eigenvalue weighted by Gasteiger charge is -2.34. The van der Waals surface area contributed by atoms with Crippen molar-refractivity contribution in [3.05, 3.63) is 65.5 Å². The van der Waals surface area contributed by atoms with Gasteiger partial charge in [0.15, 0.2) is 0 Å². The zero-order valence-electron chi connectivity index (χ0n) is 19.6. The van der Waals surface area contributed by atoms with Gasteiger partial charge in [-0.25, -0.2) is 4.98 Å². The molecule has 1 aliphatic rings. The molecule has 1 aliphatic carbocycles. The summed E-state index contributed by atoms with van der Waals surface area (Å²) in [6.07, 6.45) is 1.99. The highest BCUT2D eigenvalue weighted by molar-refractivity contribution is 5.94. The number of fused-ring (bicyclic) bond motifs is 1. The van der Waals surface area contributed by atoms with Crippen molar-refractivity contribution in [2.45, 2.75) is 43.8 Å². The quantitative estimate of drug-likeness (QED) is 0.485. The van der Waals surface area contributed by atoms with Gasteiger partial charge in [0.25, 0.3) is 5.91 Å². The molecule has 1 amide bonds. The number of carbonyl (C=O) groups excluding carboxylic acids is 1. The molecule has 0 bridgehead atoms. The predicted octanol–water partition coefficient (Wildman–Crippen LogP) is 5.38. The van der Waals surface area contributed by atoms with E-state index in [9.17, 15) is 18.0 Å². The second-order valence-corrected chi connectivity index (χ2v) is 8.87. The molecular formula is C26H28F3N3O3. The van der Waals surface area contributed by atoms with E-state index in [4.69, 9.17) is 9.47 Å². The minimum absolute atomic E-state index is 0.130. The van der Waals surface area contributed by atoms with Gasteiger partial charge in [0, 0.05) is 31.0 Å². The molecule has 0 unspecified atom stereocenters. The molecule has 0 saturated heterocycles. The van der Waals surface area contributed by atoms with E-state index in [0.717, 1.165) is 37.3 Å². The summed E-state index contributed by atoms with van der Waals surface area (Å²) in [7, 11) is 3.11. The minimum Gasteiger partial charge on any atom is -0.481 e. The van der Waals surface area contributed by atoms with Crippen LogP contribution in [0.25, 0.3) is 10.9 Å². The molecule has 2 heterocycles. The van der Waals surface area contributed by atoms with Gasteiger partial charge < -0.3 is 14.8 Å². The number of carbonyl (C=O) groups is 1. The molecule has 0 aliphatic heterocycles. The standard InChI is InChI=1S/C26H28F3N3O3/c1-34-15-23(32-25(33)18-7-10-24(35-2)31-14-18)17-5-3-16(4-6-17)20-11-12-30-22-9-8-19(13-21(20)22)26(27,28)29/h7-14,16-17,23H,3-6,15H2,1-2H3,(H,32,33)/t16-,17+,23-/m0/s1. The number of benzene rings is 1. The van der Waals surface area contributed by atoms with Crippen LogP contribution in [-0.2, 0) is 10.9 Å². The number of hydrogen-bond donors (Lipinski definition) is 1. The first kappa shape index (κ1) is 24.9. The number of nitrogens with zero attached hydrogens (tertiary/aromatic N) is 2. The smallest absolute Gasteiger partial charge is 0.416 e. The maximum atomic E-state index is 13.3. The van der Waals surface area contributed by atoms with Crippen molar-refractivity contribution in [1.82, 2.24) is 15.3 Å². The van der Waals surface area contributed by atoms with Gasteiger partial charge in [-0.2, -0.15) is 13.2 Å². The summed E-state index contributed by atoms with van der Waals surface area (Å²) in [6.45, 7) is 0.373. The Bertz CT molecular complexity index is 1160. The van der Waals surface area contributed by atoms with Gasteiger partial charge in [0.05, 0.1) is 36.4 Å². The van der Waals surface area contributed by atoms with E-state index in [-0.39, 0.29) is 23.8 Å². The number of aromatic nitrogens is 2.